The van der Waals surface area contributed by atoms with E-state index in [1.54, 1.807) is 6.20 Å². The zero-order chi connectivity index (χ0) is 13.0. The highest BCUT2D eigenvalue weighted by molar-refractivity contribution is 6.28. The van der Waals surface area contributed by atoms with Gasteiger partial charge in [-0.05, 0) is 31.4 Å². The van der Waals surface area contributed by atoms with Gasteiger partial charge in [0.05, 0.1) is 0 Å². The molecule has 0 saturated carbocycles. The van der Waals surface area contributed by atoms with E-state index < -0.39 is 0 Å². The maximum atomic E-state index is 11.8. The van der Waals surface area contributed by atoms with Crippen molar-refractivity contribution in [1.82, 2.24) is 14.9 Å². The monoisotopic (exact) mass is 268 g/mol. The van der Waals surface area contributed by atoms with Crippen LogP contribution in [0.4, 0.5) is 5.82 Å². The van der Waals surface area contributed by atoms with Gasteiger partial charge in [-0.25, -0.2) is 9.97 Å². The minimum atomic E-state index is 0.206. The molecular weight excluding hydrogens is 252 g/mol. The second-order valence-electron chi connectivity index (χ2n) is 4.44. The van der Waals surface area contributed by atoms with Crippen molar-refractivity contribution in [3.63, 3.8) is 0 Å². The lowest BCUT2D eigenvalue weighted by molar-refractivity contribution is -0.129. The van der Waals surface area contributed by atoms with Gasteiger partial charge in [-0.2, -0.15) is 0 Å². The van der Waals surface area contributed by atoms with Gasteiger partial charge < -0.3 is 10.2 Å². The van der Waals surface area contributed by atoms with Crippen LogP contribution < -0.4 is 5.32 Å². The van der Waals surface area contributed by atoms with E-state index in [1.807, 2.05) is 11.8 Å². The minimum Gasteiger partial charge on any atom is -0.369 e. The standard InChI is InChI=1S/C12H17ClN4O/c1-9-8-15-12(13)16-11(9)14-5-4-10(18)17-6-2-3-7-17/h8H,2-7H2,1H3,(H,14,15,16). The summed E-state index contributed by atoms with van der Waals surface area (Å²) in [7, 11) is 0. The molecule has 5 nitrogen and oxygen atoms in total. The van der Waals surface area contributed by atoms with Gasteiger partial charge in [0.1, 0.15) is 5.82 Å². The number of likely N-dealkylation sites (tertiary alicyclic amines) is 1. The number of hydrogen-bond donors (Lipinski definition) is 1. The van der Waals surface area contributed by atoms with E-state index in [2.05, 4.69) is 15.3 Å². The van der Waals surface area contributed by atoms with Crippen LogP contribution in [-0.2, 0) is 4.79 Å². The van der Waals surface area contributed by atoms with E-state index in [0.29, 0.717) is 18.8 Å². The summed E-state index contributed by atoms with van der Waals surface area (Å²) in [6, 6.07) is 0. The number of aryl methyl sites for hydroxylation is 1. The Balaban J connectivity index is 1.81. The summed E-state index contributed by atoms with van der Waals surface area (Å²) in [5, 5.41) is 3.34. The van der Waals surface area contributed by atoms with E-state index in [9.17, 15) is 4.79 Å². The highest BCUT2D eigenvalue weighted by atomic mass is 35.5. The van der Waals surface area contributed by atoms with Crippen LogP contribution in [0.1, 0.15) is 24.8 Å². The van der Waals surface area contributed by atoms with Crippen LogP contribution in [0.15, 0.2) is 6.20 Å². The number of aromatic nitrogens is 2. The van der Waals surface area contributed by atoms with Gasteiger partial charge in [0.15, 0.2) is 0 Å². The second kappa shape index (κ2) is 6.00. The summed E-state index contributed by atoms with van der Waals surface area (Å²) in [6.07, 6.45) is 4.40. The Morgan fingerprint density at radius 2 is 2.22 bits per heavy atom. The maximum Gasteiger partial charge on any atom is 0.224 e. The van der Waals surface area contributed by atoms with E-state index in [4.69, 9.17) is 11.6 Å². The van der Waals surface area contributed by atoms with Gasteiger partial charge in [-0.15, -0.1) is 0 Å². The molecule has 18 heavy (non-hydrogen) atoms. The topological polar surface area (TPSA) is 58.1 Å². The third-order valence-corrected chi connectivity index (χ3v) is 3.21. The average molecular weight is 269 g/mol. The summed E-state index contributed by atoms with van der Waals surface area (Å²) in [4.78, 5) is 21.7. The molecular formula is C12H17ClN4O. The lowest BCUT2D eigenvalue weighted by Crippen LogP contribution is -2.29. The molecule has 0 spiro atoms. The zero-order valence-electron chi connectivity index (χ0n) is 10.4. The molecule has 2 heterocycles. The van der Waals surface area contributed by atoms with Crippen LogP contribution in [0.5, 0.6) is 0 Å². The number of nitrogens with one attached hydrogen (secondary N) is 1. The van der Waals surface area contributed by atoms with Gasteiger partial charge in [0.25, 0.3) is 0 Å². The third-order valence-electron chi connectivity index (χ3n) is 3.03. The molecule has 0 aliphatic carbocycles. The highest BCUT2D eigenvalue weighted by Crippen LogP contribution is 2.13. The fourth-order valence-electron chi connectivity index (χ4n) is 2.01. The Morgan fingerprint density at radius 3 is 2.94 bits per heavy atom. The molecule has 1 aliphatic heterocycles. The predicted octanol–water partition coefficient (Wildman–Crippen LogP) is 1.86. The normalized spacial score (nSPS) is 14.9. The number of rotatable bonds is 4. The van der Waals surface area contributed by atoms with Crippen molar-refractivity contribution in [3.8, 4) is 0 Å². The first-order valence-corrected chi connectivity index (χ1v) is 6.55. The molecule has 2 rings (SSSR count). The summed E-state index contributed by atoms with van der Waals surface area (Å²) in [5.41, 5.74) is 0.924. The first-order chi connectivity index (χ1) is 8.66. The van der Waals surface area contributed by atoms with Gasteiger partial charge >= 0.3 is 0 Å². The number of amides is 1. The molecule has 1 fully saturated rings. The molecule has 0 radical (unpaired) electrons. The van der Waals surface area contributed by atoms with Gasteiger partial charge in [0, 0.05) is 37.8 Å². The molecule has 0 atom stereocenters. The van der Waals surface area contributed by atoms with Crippen molar-refractivity contribution in [1.29, 1.82) is 0 Å². The van der Waals surface area contributed by atoms with Crippen molar-refractivity contribution in [3.05, 3.63) is 17.0 Å². The first-order valence-electron chi connectivity index (χ1n) is 6.17. The molecule has 1 N–H and O–H groups in total. The fourth-order valence-corrected chi connectivity index (χ4v) is 2.15. The summed E-state index contributed by atoms with van der Waals surface area (Å²) < 4.78 is 0. The SMILES string of the molecule is Cc1cnc(Cl)nc1NCCC(=O)N1CCCC1. The van der Waals surface area contributed by atoms with Crippen molar-refractivity contribution in [2.24, 2.45) is 0 Å². The molecule has 1 aromatic rings. The van der Waals surface area contributed by atoms with Gasteiger partial charge in [-0.3, -0.25) is 4.79 Å². The highest BCUT2D eigenvalue weighted by Gasteiger charge is 2.17. The van der Waals surface area contributed by atoms with Crippen molar-refractivity contribution < 1.29 is 4.79 Å². The Bertz CT molecular complexity index is 432. The summed E-state index contributed by atoms with van der Waals surface area (Å²) >= 11 is 5.72. The molecule has 1 saturated heterocycles. The molecule has 1 aliphatic rings. The largest absolute Gasteiger partial charge is 0.369 e. The molecule has 0 bridgehead atoms. The summed E-state index contributed by atoms with van der Waals surface area (Å²) in [5.74, 6) is 0.905. The number of carbonyl (C=O) groups excluding carboxylic acids is 1. The van der Waals surface area contributed by atoms with Crippen LogP contribution in [-0.4, -0.2) is 40.4 Å². The molecule has 98 valence electrons. The zero-order valence-corrected chi connectivity index (χ0v) is 11.2. The number of halogens is 1. The predicted molar refractivity (Wildman–Crippen MR) is 70.7 cm³/mol. The molecule has 6 heteroatoms. The minimum absolute atomic E-state index is 0.206. The van der Waals surface area contributed by atoms with Crippen molar-refractivity contribution in [2.45, 2.75) is 26.2 Å². The Hall–Kier alpha value is -1.36. The second-order valence-corrected chi connectivity index (χ2v) is 4.77. The quantitative estimate of drug-likeness (QED) is 0.847. The van der Waals surface area contributed by atoms with Gasteiger partial charge in [0.2, 0.25) is 11.2 Å². The first kappa shape index (κ1) is 13.1. The maximum absolute atomic E-state index is 11.8. The van der Waals surface area contributed by atoms with E-state index in [-0.39, 0.29) is 11.2 Å². The van der Waals surface area contributed by atoms with Crippen LogP contribution in [0, 0.1) is 6.92 Å². The van der Waals surface area contributed by atoms with Crippen molar-refractivity contribution >= 4 is 23.3 Å². The molecule has 0 aromatic carbocycles. The lowest BCUT2D eigenvalue weighted by Gasteiger charge is -2.15. The Morgan fingerprint density at radius 1 is 1.50 bits per heavy atom. The third kappa shape index (κ3) is 3.32. The van der Waals surface area contributed by atoms with E-state index in [0.717, 1.165) is 31.5 Å². The Labute approximate surface area is 112 Å². The lowest BCUT2D eigenvalue weighted by atomic mass is 10.3. The fraction of sp³-hybridized carbons (Fsp3) is 0.583. The number of hydrogen-bond acceptors (Lipinski definition) is 4. The van der Waals surface area contributed by atoms with Gasteiger partial charge in [-0.1, -0.05) is 0 Å². The van der Waals surface area contributed by atoms with Crippen LogP contribution in [0.3, 0.4) is 0 Å². The van der Waals surface area contributed by atoms with E-state index >= 15 is 0 Å². The average Bonchev–Trinajstić information content (AvgIpc) is 2.87. The van der Waals surface area contributed by atoms with Crippen molar-refractivity contribution in [2.75, 3.05) is 25.0 Å². The number of nitrogens with zero attached hydrogens (tertiary/aromatic N) is 3. The molecule has 1 aromatic heterocycles. The number of carbonyl (C=O) groups is 1. The van der Waals surface area contributed by atoms with Crippen LogP contribution in [0.25, 0.3) is 0 Å². The van der Waals surface area contributed by atoms with E-state index in [1.165, 1.54) is 0 Å². The molecule has 0 unspecified atom stereocenters. The Kier molecular flexibility index (Phi) is 4.36. The molecule has 1 amide bonds. The van der Waals surface area contributed by atoms with Crippen LogP contribution in [0.2, 0.25) is 5.28 Å². The smallest absolute Gasteiger partial charge is 0.224 e. The summed E-state index contributed by atoms with van der Waals surface area (Å²) in [6.45, 7) is 4.28. The number of anilines is 1. The van der Waals surface area contributed by atoms with Crippen LogP contribution >= 0.6 is 11.6 Å².